The molecule has 0 aliphatic heterocycles. The molecule has 8 heteroatoms. The number of ether oxygens (including phenoxy) is 1. The summed E-state index contributed by atoms with van der Waals surface area (Å²) in [6.07, 6.45) is 1.67. The van der Waals surface area contributed by atoms with Crippen molar-refractivity contribution in [3.8, 4) is 11.1 Å². The molecule has 1 aliphatic carbocycles. The minimum Gasteiger partial charge on any atom is -0.481 e. The largest absolute Gasteiger partial charge is 0.481 e. The van der Waals surface area contributed by atoms with Crippen LogP contribution < -0.4 is 10.6 Å². The second-order valence-corrected chi connectivity index (χ2v) is 9.72. The van der Waals surface area contributed by atoms with Crippen LogP contribution in [0.4, 0.5) is 4.79 Å². The van der Waals surface area contributed by atoms with E-state index in [9.17, 15) is 19.5 Å². The van der Waals surface area contributed by atoms with E-state index in [1.165, 1.54) is 0 Å². The second kappa shape index (κ2) is 11.9. The summed E-state index contributed by atoms with van der Waals surface area (Å²) in [5.41, 5.74) is 4.51. The molecule has 2 aromatic carbocycles. The Balaban J connectivity index is 1.62. The Labute approximate surface area is 204 Å². The lowest BCUT2D eigenvalue weighted by Crippen LogP contribution is -2.49. The highest BCUT2D eigenvalue weighted by molar-refractivity contribution is 7.98. The number of benzene rings is 2. The highest BCUT2D eigenvalue weighted by Gasteiger charge is 2.30. The normalized spacial score (nSPS) is 14.1. The summed E-state index contributed by atoms with van der Waals surface area (Å²) in [7, 11) is 0. The van der Waals surface area contributed by atoms with Crippen LogP contribution in [0.15, 0.2) is 48.5 Å². The van der Waals surface area contributed by atoms with Crippen LogP contribution in [0.1, 0.15) is 37.3 Å². The SMILES string of the molecule is CSCC[C@H](NC(=O)OCC1c2ccccc2-c2ccccc21)C(=O)NCC(C(=O)O)C(C)C. The highest BCUT2D eigenvalue weighted by atomic mass is 32.2. The summed E-state index contributed by atoms with van der Waals surface area (Å²) < 4.78 is 5.57. The van der Waals surface area contributed by atoms with Crippen LogP contribution in [0.25, 0.3) is 11.1 Å². The Morgan fingerprint density at radius 3 is 2.15 bits per heavy atom. The van der Waals surface area contributed by atoms with Crippen molar-refractivity contribution >= 4 is 29.7 Å². The summed E-state index contributed by atoms with van der Waals surface area (Å²) in [5, 5.41) is 14.7. The third-order valence-corrected chi connectivity index (χ3v) is 6.82. The third kappa shape index (κ3) is 6.11. The fourth-order valence-corrected chi connectivity index (χ4v) is 4.70. The molecular formula is C26H32N2O5S. The van der Waals surface area contributed by atoms with Crippen LogP contribution in [-0.2, 0) is 14.3 Å². The van der Waals surface area contributed by atoms with E-state index in [4.69, 9.17) is 4.74 Å². The molecule has 0 bridgehead atoms. The number of carbonyl (C=O) groups is 3. The zero-order valence-electron chi connectivity index (χ0n) is 19.7. The predicted octanol–water partition coefficient (Wildman–Crippen LogP) is 4.12. The van der Waals surface area contributed by atoms with Crippen molar-refractivity contribution in [1.29, 1.82) is 0 Å². The number of hydrogen-bond donors (Lipinski definition) is 3. The molecule has 1 unspecified atom stereocenters. The van der Waals surface area contributed by atoms with Gasteiger partial charge in [-0.15, -0.1) is 0 Å². The van der Waals surface area contributed by atoms with Crippen molar-refractivity contribution in [2.75, 3.05) is 25.2 Å². The van der Waals surface area contributed by atoms with Crippen LogP contribution in [0.2, 0.25) is 0 Å². The van der Waals surface area contributed by atoms with Gasteiger partial charge >= 0.3 is 12.1 Å². The molecule has 3 N–H and O–H groups in total. The van der Waals surface area contributed by atoms with Gasteiger partial charge in [0.15, 0.2) is 0 Å². The number of amides is 2. The summed E-state index contributed by atoms with van der Waals surface area (Å²) in [5.74, 6) is -1.60. The third-order valence-electron chi connectivity index (χ3n) is 6.18. The van der Waals surface area contributed by atoms with Gasteiger partial charge in [-0.2, -0.15) is 11.8 Å². The van der Waals surface area contributed by atoms with Crippen molar-refractivity contribution in [2.45, 2.75) is 32.2 Å². The van der Waals surface area contributed by atoms with Crippen molar-refractivity contribution in [3.05, 3.63) is 59.7 Å². The standard InChI is InChI=1S/C26H32N2O5S/c1-16(2)21(25(30)31)14-27-24(29)23(12-13-34-3)28-26(32)33-15-22-19-10-6-4-8-17(19)18-9-5-7-11-20(18)22/h4-11,16,21-23H,12-15H2,1-3H3,(H,27,29)(H,28,32)(H,30,31)/t21?,23-/m0/s1. The molecule has 2 amide bonds. The van der Waals surface area contributed by atoms with E-state index in [0.717, 1.165) is 22.3 Å². The lowest BCUT2D eigenvalue weighted by molar-refractivity contribution is -0.143. The summed E-state index contributed by atoms with van der Waals surface area (Å²) in [6.45, 7) is 3.76. The molecule has 1 aliphatic rings. The Kier molecular flexibility index (Phi) is 8.98. The summed E-state index contributed by atoms with van der Waals surface area (Å²) in [6, 6.07) is 15.4. The van der Waals surface area contributed by atoms with Crippen LogP contribution in [0, 0.1) is 11.8 Å². The summed E-state index contributed by atoms with van der Waals surface area (Å²) in [4.78, 5) is 36.8. The molecule has 0 aromatic heterocycles. The molecule has 34 heavy (non-hydrogen) atoms. The van der Waals surface area contributed by atoms with Gasteiger partial charge in [0.1, 0.15) is 12.6 Å². The highest BCUT2D eigenvalue weighted by Crippen LogP contribution is 2.44. The maximum atomic E-state index is 12.7. The number of carboxylic acid groups (broad SMARTS) is 1. The van der Waals surface area contributed by atoms with E-state index < -0.39 is 29.9 Å². The fourth-order valence-electron chi connectivity index (χ4n) is 4.23. The molecule has 2 atom stereocenters. The first-order valence-electron chi connectivity index (χ1n) is 11.4. The first kappa shape index (κ1) is 25.6. The Morgan fingerprint density at radius 1 is 1.03 bits per heavy atom. The molecule has 3 rings (SSSR count). The topological polar surface area (TPSA) is 105 Å². The van der Waals surface area contributed by atoms with Gasteiger partial charge in [0, 0.05) is 12.5 Å². The number of carboxylic acids is 1. The lowest BCUT2D eigenvalue weighted by atomic mass is 9.96. The van der Waals surface area contributed by atoms with Gasteiger partial charge in [0.05, 0.1) is 5.92 Å². The number of nitrogens with one attached hydrogen (secondary N) is 2. The average Bonchev–Trinajstić information content (AvgIpc) is 3.13. The van der Waals surface area contributed by atoms with Crippen LogP contribution >= 0.6 is 11.8 Å². The van der Waals surface area contributed by atoms with Crippen LogP contribution in [-0.4, -0.2) is 54.3 Å². The summed E-state index contributed by atoms with van der Waals surface area (Å²) >= 11 is 1.56. The molecule has 2 aromatic rings. The second-order valence-electron chi connectivity index (χ2n) is 8.74. The number of rotatable bonds is 11. The average molecular weight is 485 g/mol. The molecule has 0 spiro atoms. The minimum absolute atomic E-state index is 0.00791. The Morgan fingerprint density at radius 2 is 1.62 bits per heavy atom. The fraction of sp³-hybridized carbons (Fsp3) is 0.423. The van der Waals surface area contributed by atoms with Gasteiger partial charge in [-0.3, -0.25) is 9.59 Å². The van der Waals surface area contributed by atoms with E-state index >= 15 is 0 Å². The molecule has 7 nitrogen and oxygen atoms in total. The monoisotopic (exact) mass is 484 g/mol. The maximum Gasteiger partial charge on any atom is 0.407 e. The molecule has 0 fully saturated rings. The number of aliphatic carboxylic acids is 1. The lowest BCUT2D eigenvalue weighted by Gasteiger charge is -2.21. The minimum atomic E-state index is -0.958. The van der Waals surface area contributed by atoms with Crippen molar-refractivity contribution in [2.24, 2.45) is 11.8 Å². The number of fused-ring (bicyclic) bond motifs is 3. The number of thioether (sulfide) groups is 1. The smallest absolute Gasteiger partial charge is 0.407 e. The van der Waals surface area contributed by atoms with Gasteiger partial charge in [-0.25, -0.2) is 4.79 Å². The quantitative estimate of drug-likeness (QED) is 0.443. The van der Waals surface area contributed by atoms with Gasteiger partial charge in [-0.05, 0) is 46.6 Å². The van der Waals surface area contributed by atoms with Crippen molar-refractivity contribution in [3.63, 3.8) is 0 Å². The molecular weight excluding hydrogens is 452 g/mol. The number of carbonyl (C=O) groups excluding carboxylic acids is 2. The van der Waals surface area contributed by atoms with E-state index in [1.807, 2.05) is 42.7 Å². The molecule has 0 radical (unpaired) electrons. The van der Waals surface area contributed by atoms with E-state index in [-0.39, 0.29) is 25.0 Å². The Hall–Kier alpha value is -3.00. The molecule has 0 heterocycles. The van der Waals surface area contributed by atoms with Crippen LogP contribution in [0.3, 0.4) is 0 Å². The van der Waals surface area contributed by atoms with Gasteiger partial charge in [0.2, 0.25) is 5.91 Å². The first-order valence-corrected chi connectivity index (χ1v) is 12.8. The maximum absolute atomic E-state index is 12.7. The molecule has 0 saturated heterocycles. The first-order chi connectivity index (χ1) is 16.3. The zero-order valence-corrected chi connectivity index (χ0v) is 20.6. The van der Waals surface area contributed by atoms with Crippen molar-refractivity contribution in [1.82, 2.24) is 10.6 Å². The van der Waals surface area contributed by atoms with Gasteiger partial charge in [0.25, 0.3) is 0 Å². The van der Waals surface area contributed by atoms with Crippen molar-refractivity contribution < 1.29 is 24.2 Å². The molecule has 182 valence electrons. The van der Waals surface area contributed by atoms with E-state index in [2.05, 4.69) is 22.8 Å². The van der Waals surface area contributed by atoms with Crippen LogP contribution in [0.5, 0.6) is 0 Å². The van der Waals surface area contributed by atoms with Gasteiger partial charge < -0.3 is 20.5 Å². The predicted molar refractivity (Wildman–Crippen MR) is 134 cm³/mol. The number of alkyl carbamates (subject to hydrolysis) is 1. The number of hydrogen-bond acceptors (Lipinski definition) is 5. The zero-order chi connectivity index (χ0) is 24.7. The molecule has 0 saturated carbocycles. The Bertz CT molecular complexity index is 980. The van der Waals surface area contributed by atoms with E-state index in [0.29, 0.717) is 12.2 Å². The van der Waals surface area contributed by atoms with Gasteiger partial charge in [-0.1, -0.05) is 62.4 Å². The van der Waals surface area contributed by atoms with E-state index in [1.54, 1.807) is 25.6 Å².